The number of rotatable bonds is 21. The zero-order valence-corrected chi connectivity index (χ0v) is 30.5. The van der Waals surface area contributed by atoms with Gasteiger partial charge in [-0.3, -0.25) is 0 Å². The summed E-state index contributed by atoms with van der Waals surface area (Å²) in [6.07, 6.45) is -0.442. The van der Waals surface area contributed by atoms with Gasteiger partial charge < -0.3 is 34.3 Å². The van der Waals surface area contributed by atoms with E-state index >= 15 is 0 Å². The molecule has 0 aliphatic heterocycles. The molecule has 3 N–H and O–H groups in total. The molecule has 0 fully saturated rings. The molecule has 0 radical (unpaired) electrons. The van der Waals surface area contributed by atoms with Gasteiger partial charge in [0.25, 0.3) is 0 Å². The first-order valence-corrected chi connectivity index (χ1v) is 21.4. The minimum atomic E-state index is -1.93. The molecule has 0 saturated heterocycles. The van der Waals surface area contributed by atoms with E-state index < -0.39 is 34.4 Å². The second-order valence-electron chi connectivity index (χ2n) is 12.3. The lowest BCUT2D eigenvalue weighted by molar-refractivity contribution is 0.0519. The Balaban J connectivity index is 2.88. The van der Waals surface area contributed by atoms with Gasteiger partial charge in [0.2, 0.25) is 0 Å². The van der Waals surface area contributed by atoms with Crippen LogP contribution in [0.15, 0.2) is 30.3 Å². The third-order valence-electron chi connectivity index (χ3n) is 8.26. The molecule has 0 aliphatic rings. The third kappa shape index (κ3) is 15.6. The standard InChI is InChI=1S/C32H61N3O6Si2/c1-10-42(11-2,12-3)40-28(21-22-34-31(37)39-32(7,8)9)23-33-24-29(41-43(13-4,14-5)15-6)25-35-30(36)38-26-27-19-17-16-18-20-27/h16-20,28-29,33H,10-15,21-26H2,1-9H3,(H,34,37)(H,35,36). The third-order valence-corrected chi connectivity index (χ3v) is 17.7. The summed E-state index contributed by atoms with van der Waals surface area (Å²) in [5, 5.41) is 9.40. The van der Waals surface area contributed by atoms with E-state index in [1.54, 1.807) is 0 Å². The first-order chi connectivity index (χ1) is 20.4. The van der Waals surface area contributed by atoms with Gasteiger partial charge in [-0.2, -0.15) is 0 Å². The van der Waals surface area contributed by atoms with Crippen LogP contribution in [0.4, 0.5) is 9.59 Å². The van der Waals surface area contributed by atoms with Crippen LogP contribution in [0, 0.1) is 0 Å². The Kier molecular flexibility index (Phi) is 18.3. The van der Waals surface area contributed by atoms with Gasteiger partial charge in [-0.15, -0.1) is 0 Å². The van der Waals surface area contributed by atoms with Crippen molar-refractivity contribution in [2.24, 2.45) is 0 Å². The average Bonchev–Trinajstić information content (AvgIpc) is 2.99. The number of hydrogen-bond donors (Lipinski definition) is 3. The van der Waals surface area contributed by atoms with Crippen LogP contribution in [0.3, 0.4) is 0 Å². The number of ether oxygens (including phenoxy) is 2. The number of carbonyl (C=O) groups excluding carboxylic acids is 2. The number of hydrogen-bond acceptors (Lipinski definition) is 7. The van der Waals surface area contributed by atoms with Gasteiger partial charge in [-0.05, 0) is 69.0 Å². The highest BCUT2D eigenvalue weighted by molar-refractivity contribution is 6.74. The number of carbonyl (C=O) groups is 2. The summed E-state index contributed by atoms with van der Waals surface area (Å²) in [7, 11) is -3.81. The van der Waals surface area contributed by atoms with Crippen LogP contribution in [-0.4, -0.2) is 72.8 Å². The summed E-state index contributed by atoms with van der Waals surface area (Å²) in [6.45, 7) is 21.1. The van der Waals surface area contributed by atoms with E-state index in [4.69, 9.17) is 18.3 Å². The Hall–Kier alpha value is -1.93. The molecule has 0 spiro atoms. The van der Waals surface area contributed by atoms with E-state index in [0.29, 0.717) is 32.6 Å². The number of nitrogens with one attached hydrogen (secondary N) is 3. The Labute approximate surface area is 263 Å². The van der Waals surface area contributed by atoms with E-state index in [1.807, 2.05) is 51.1 Å². The lowest BCUT2D eigenvalue weighted by atomic mass is 10.2. The van der Waals surface area contributed by atoms with E-state index in [-0.39, 0.29) is 18.8 Å². The summed E-state index contributed by atoms with van der Waals surface area (Å²) >= 11 is 0. The van der Waals surface area contributed by atoms with Gasteiger partial charge in [0.15, 0.2) is 16.6 Å². The zero-order valence-electron chi connectivity index (χ0n) is 28.5. The van der Waals surface area contributed by atoms with Gasteiger partial charge >= 0.3 is 12.2 Å². The molecular weight excluding hydrogens is 579 g/mol. The number of alkyl carbamates (subject to hydrolysis) is 2. The summed E-state index contributed by atoms with van der Waals surface area (Å²) in [5.74, 6) is 0. The molecule has 43 heavy (non-hydrogen) atoms. The molecule has 1 aromatic carbocycles. The molecule has 0 heterocycles. The Morgan fingerprint density at radius 2 is 1.23 bits per heavy atom. The largest absolute Gasteiger partial charge is 0.445 e. The van der Waals surface area contributed by atoms with Crippen molar-refractivity contribution < 1.29 is 27.9 Å². The van der Waals surface area contributed by atoms with Crippen molar-refractivity contribution in [3.8, 4) is 0 Å². The molecule has 2 unspecified atom stereocenters. The molecule has 0 saturated carbocycles. The van der Waals surface area contributed by atoms with Crippen LogP contribution in [0.2, 0.25) is 36.3 Å². The molecule has 1 rings (SSSR count). The number of benzene rings is 1. The van der Waals surface area contributed by atoms with Crippen molar-refractivity contribution in [3.63, 3.8) is 0 Å². The SMILES string of the molecule is CC[Si](CC)(CC)OC(CCNC(=O)OC(C)(C)C)CNCC(CNC(=O)OCc1ccccc1)O[Si](CC)(CC)CC. The monoisotopic (exact) mass is 639 g/mol. The Morgan fingerprint density at radius 3 is 1.74 bits per heavy atom. The van der Waals surface area contributed by atoms with E-state index in [1.165, 1.54) is 0 Å². The fraction of sp³-hybridized carbons (Fsp3) is 0.750. The van der Waals surface area contributed by atoms with Crippen LogP contribution in [-0.2, 0) is 24.9 Å². The topological polar surface area (TPSA) is 107 Å². The highest BCUT2D eigenvalue weighted by Crippen LogP contribution is 2.25. The molecule has 0 bridgehead atoms. The average molecular weight is 640 g/mol. The van der Waals surface area contributed by atoms with Gasteiger partial charge in [-0.25, -0.2) is 9.59 Å². The Morgan fingerprint density at radius 1 is 0.721 bits per heavy atom. The second-order valence-corrected chi connectivity index (χ2v) is 21.7. The van der Waals surface area contributed by atoms with Gasteiger partial charge in [-0.1, -0.05) is 71.9 Å². The quantitative estimate of drug-likeness (QED) is 0.122. The lowest BCUT2D eigenvalue weighted by Crippen LogP contribution is -2.50. The summed E-state index contributed by atoms with van der Waals surface area (Å²) in [6, 6.07) is 15.9. The summed E-state index contributed by atoms with van der Waals surface area (Å²) < 4.78 is 24.5. The molecule has 11 heteroatoms. The normalized spacial score (nSPS) is 13.7. The minimum absolute atomic E-state index is 0.0589. The molecule has 248 valence electrons. The van der Waals surface area contributed by atoms with Crippen LogP contribution in [0.1, 0.15) is 74.3 Å². The van der Waals surface area contributed by atoms with Gasteiger partial charge in [0, 0.05) is 26.2 Å². The van der Waals surface area contributed by atoms with Crippen molar-refractivity contribution in [1.29, 1.82) is 0 Å². The van der Waals surface area contributed by atoms with Crippen LogP contribution in [0.5, 0.6) is 0 Å². The summed E-state index contributed by atoms with van der Waals surface area (Å²) in [4.78, 5) is 24.8. The van der Waals surface area contributed by atoms with E-state index in [2.05, 4.69) is 57.5 Å². The molecule has 2 atom stereocenters. The highest BCUT2D eigenvalue weighted by Gasteiger charge is 2.34. The van der Waals surface area contributed by atoms with E-state index in [9.17, 15) is 9.59 Å². The Bertz CT molecular complexity index is 892. The smallest absolute Gasteiger partial charge is 0.407 e. The van der Waals surface area contributed by atoms with E-state index in [0.717, 1.165) is 41.8 Å². The highest BCUT2D eigenvalue weighted by atomic mass is 28.4. The fourth-order valence-electron chi connectivity index (χ4n) is 5.09. The van der Waals surface area contributed by atoms with Crippen LogP contribution >= 0.6 is 0 Å². The molecule has 0 aromatic heterocycles. The number of amides is 2. The zero-order chi connectivity index (χ0) is 32.4. The molecule has 9 nitrogen and oxygen atoms in total. The molecule has 2 amide bonds. The maximum atomic E-state index is 12.5. The molecular formula is C32H61N3O6Si2. The predicted octanol–water partition coefficient (Wildman–Crippen LogP) is 7.20. The van der Waals surface area contributed by atoms with Crippen molar-refractivity contribution in [3.05, 3.63) is 35.9 Å². The van der Waals surface area contributed by atoms with Crippen molar-refractivity contribution in [1.82, 2.24) is 16.0 Å². The fourth-order valence-corrected chi connectivity index (χ4v) is 10.9. The predicted molar refractivity (Wildman–Crippen MR) is 180 cm³/mol. The first-order valence-electron chi connectivity index (χ1n) is 16.4. The maximum absolute atomic E-state index is 12.5. The molecule has 0 aliphatic carbocycles. The first kappa shape index (κ1) is 39.1. The molecule has 1 aromatic rings. The van der Waals surface area contributed by atoms with Crippen LogP contribution < -0.4 is 16.0 Å². The van der Waals surface area contributed by atoms with Crippen molar-refractivity contribution in [2.75, 3.05) is 26.2 Å². The van der Waals surface area contributed by atoms with Gasteiger partial charge in [0.1, 0.15) is 12.2 Å². The van der Waals surface area contributed by atoms with Gasteiger partial charge in [0.05, 0.1) is 12.2 Å². The summed E-state index contributed by atoms with van der Waals surface area (Å²) in [5.41, 5.74) is 0.404. The second kappa shape index (κ2) is 20.2. The van der Waals surface area contributed by atoms with Crippen molar-refractivity contribution in [2.45, 2.75) is 129 Å². The minimum Gasteiger partial charge on any atom is -0.445 e. The van der Waals surface area contributed by atoms with Crippen molar-refractivity contribution >= 4 is 28.8 Å². The lowest BCUT2D eigenvalue weighted by Gasteiger charge is -2.35. The maximum Gasteiger partial charge on any atom is 0.407 e. The van der Waals surface area contributed by atoms with Crippen LogP contribution in [0.25, 0.3) is 0 Å².